The molecule has 0 aliphatic rings. The fourth-order valence-corrected chi connectivity index (χ4v) is 5.01. The van der Waals surface area contributed by atoms with E-state index >= 15 is 0 Å². The largest absolute Gasteiger partial charge is 0.496 e. The number of carbonyl (C=O) groups is 2. The number of nitrogens with zero attached hydrogens (tertiary/aromatic N) is 1. The van der Waals surface area contributed by atoms with E-state index in [-0.39, 0.29) is 17.6 Å². The van der Waals surface area contributed by atoms with E-state index in [0.29, 0.717) is 17.0 Å². The number of para-hydroxylation sites is 2. The van der Waals surface area contributed by atoms with Gasteiger partial charge in [0.25, 0.3) is 5.91 Å². The Morgan fingerprint density at radius 2 is 1.81 bits per heavy atom. The summed E-state index contributed by atoms with van der Waals surface area (Å²) in [7, 11) is 1.54. The number of rotatable bonds is 7. The third-order valence-electron chi connectivity index (χ3n) is 4.72. The highest BCUT2D eigenvalue weighted by Gasteiger charge is 2.13. The number of fused-ring (bicyclic) bond motifs is 1. The highest BCUT2D eigenvalue weighted by atomic mass is 32.2. The van der Waals surface area contributed by atoms with Crippen LogP contribution in [-0.4, -0.2) is 29.7 Å². The summed E-state index contributed by atoms with van der Waals surface area (Å²) in [5, 5.41) is 5.84. The molecule has 3 aromatic carbocycles. The zero-order chi connectivity index (χ0) is 22.5. The van der Waals surface area contributed by atoms with Gasteiger partial charge in [0.2, 0.25) is 5.91 Å². The summed E-state index contributed by atoms with van der Waals surface area (Å²) in [6.07, 6.45) is 0. The summed E-state index contributed by atoms with van der Waals surface area (Å²) >= 11 is 2.88. The van der Waals surface area contributed by atoms with E-state index in [1.54, 1.807) is 18.2 Å². The Morgan fingerprint density at radius 3 is 2.62 bits per heavy atom. The summed E-state index contributed by atoms with van der Waals surface area (Å²) in [6.45, 7) is 1.96. The quantitative estimate of drug-likeness (QED) is 0.349. The number of amides is 2. The lowest BCUT2D eigenvalue weighted by molar-refractivity contribution is -0.113. The average Bonchev–Trinajstić information content (AvgIpc) is 3.21. The van der Waals surface area contributed by atoms with Crippen LogP contribution in [0.4, 0.5) is 11.4 Å². The molecule has 2 N–H and O–H groups in total. The number of aromatic nitrogens is 1. The number of thioether (sulfide) groups is 1. The van der Waals surface area contributed by atoms with Crippen LogP contribution in [-0.2, 0) is 4.79 Å². The highest BCUT2D eigenvalue weighted by molar-refractivity contribution is 8.01. The first-order valence-corrected chi connectivity index (χ1v) is 11.7. The van der Waals surface area contributed by atoms with Crippen molar-refractivity contribution in [3.8, 4) is 5.75 Å². The molecule has 0 saturated heterocycles. The lowest BCUT2D eigenvalue weighted by Crippen LogP contribution is -2.14. The lowest BCUT2D eigenvalue weighted by Gasteiger charge is -2.09. The standard InChI is InChI=1S/C24H21N3O3S2/c1-15-7-3-5-9-18(15)26-22(28)14-31-24-27-19-12-11-16(13-21(19)32-24)25-23(29)17-8-4-6-10-20(17)30-2/h3-13H,14H2,1-2H3,(H,25,29)(H,26,28). The first-order chi connectivity index (χ1) is 15.5. The third-order valence-corrected chi connectivity index (χ3v) is 6.89. The van der Waals surface area contributed by atoms with Crippen LogP contribution in [0.1, 0.15) is 15.9 Å². The van der Waals surface area contributed by atoms with E-state index in [4.69, 9.17) is 4.74 Å². The fraction of sp³-hybridized carbons (Fsp3) is 0.125. The maximum atomic E-state index is 12.6. The Morgan fingerprint density at radius 1 is 1.03 bits per heavy atom. The molecule has 2 amide bonds. The zero-order valence-corrected chi connectivity index (χ0v) is 19.2. The van der Waals surface area contributed by atoms with Gasteiger partial charge in [-0.05, 0) is 48.9 Å². The smallest absolute Gasteiger partial charge is 0.259 e. The SMILES string of the molecule is COc1ccccc1C(=O)Nc1ccc2nc(SCC(=O)Nc3ccccc3C)sc2c1. The molecule has 0 aliphatic heterocycles. The van der Waals surface area contributed by atoms with Crippen molar-refractivity contribution in [1.29, 1.82) is 0 Å². The molecule has 32 heavy (non-hydrogen) atoms. The Balaban J connectivity index is 1.41. The summed E-state index contributed by atoms with van der Waals surface area (Å²) in [5.41, 5.74) is 3.81. The Hall–Kier alpha value is -3.36. The molecule has 0 unspecified atom stereocenters. The fourth-order valence-electron chi connectivity index (χ4n) is 3.10. The molecule has 0 radical (unpaired) electrons. The molecule has 0 aliphatic carbocycles. The molecule has 0 atom stereocenters. The van der Waals surface area contributed by atoms with Crippen molar-refractivity contribution in [1.82, 2.24) is 4.98 Å². The minimum Gasteiger partial charge on any atom is -0.496 e. The van der Waals surface area contributed by atoms with Gasteiger partial charge < -0.3 is 15.4 Å². The molecular formula is C24H21N3O3S2. The van der Waals surface area contributed by atoms with Crippen molar-refractivity contribution in [2.24, 2.45) is 0 Å². The number of benzene rings is 3. The number of carbonyl (C=O) groups excluding carboxylic acids is 2. The number of hydrogen-bond acceptors (Lipinski definition) is 6. The molecule has 6 nitrogen and oxygen atoms in total. The van der Waals surface area contributed by atoms with E-state index in [9.17, 15) is 9.59 Å². The Labute approximate surface area is 194 Å². The van der Waals surface area contributed by atoms with Gasteiger partial charge in [0.15, 0.2) is 4.34 Å². The molecule has 162 valence electrons. The molecule has 1 heterocycles. The van der Waals surface area contributed by atoms with E-state index in [1.807, 2.05) is 55.5 Å². The van der Waals surface area contributed by atoms with Crippen molar-refractivity contribution in [2.45, 2.75) is 11.3 Å². The van der Waals surface area contributed by atoms with Crippen LogP contribution in [0.25, 0.3) is 10.2 Å². The second-order valence-corrected chi connectivity index (χ2v) is 9.22. The summed E-state index contributed by atoms with van der Waals surface area (Å²) < 4.78 is 7.00. The van der Waals surface area contributed by atoms with Gasteiger partial charge in [0.05, 0.1) is 28.6 Å². The average molecular weight is 464 g/mol. The minimum absolute atomic E-state index is 0.0756. The molecule has 1 aromatic heterocycles. The predicted molar refractivity (Wildman–Crippen MR) is 131 cm³/mol. The molecule has 4 rings (SSSR count). The van der Waals surface area contributed by atoms with Gasteiger partial charge >= 0.3 is 0 Å². The van der Waals surface area contributed by atoms with Crippen LogP contribution < -0.4 is 15.4 Å². The summed E-state index contributed by atoms with van der Waals surface area (Å²) in [5.74, 6) is 0.472. The maximum absolute atomic E-state index is 12.6. The van der Waals surface area contributed by atoms with Crippen LogP contribution in [0.5, 0.6) is 5.75 Å². The monoisotopic (exact) mass is 463 g/mol. The number of ether oxygens (including phenoxy) is 1. The van der Waals surface area contributed by atoms with Gasteiger partial charge in [-0.15, -0.1) is 11.3 Å². The molecule has 0 spiro atoms. The van der Waals surface area contributed by atoms with Gasteiger partial charge in [0.1, 0.15) is 5.75 Å². The van der Waals surface area contributed by atoms with E-state index < -0.39 is 0 Å². The van der Waals surface area contributed by atoms with Crippen LogP contribution in [0.2, 0.25) is 0 Å². The van der Waals surface area contributed by atoms with Gasteiger partial charge in [-0.1, -0.05) is 42.1 Å². The van der Waals surface area contributed by atoms with Crippen molar-refractivity contribution in [3.63, 3.8) is 0 Å². The first-order valence-electron chi connectivity index (χ1n) is 9.87. The van der Waals surface area contributed by atoms with Gasteiger partial charge in [0, 0.05) is 11.4 Å². The van der Waals surface area contributed by atoms with E-state index in [0.717, 1.165) is 25.8 Å². The number of thiazole rings is 1. The van der Waals surface area contributed by atoms with Crippen LogP contribution in [0.15, 0.2) is 71.1 Å². The van der Waals surface area contributed by atoms with Gasteiger partial charge in [-0.25, -0.2) is 4.98 Å². The van der Waals surface area contributed by atoms with Crippen LogP contribution >= 0.6 is 23.1 Å². The van der Waals surface area contributed by atoms with E-state index in [1.165, 1.54) is 30.2 Å². The predicted octanol–water partition coefficient (Wildman–Crippen LogP) is 5.60. The van der Waals surface area contributed by atoms with E-state index in [2.05, 4.69) is 15.6 Å². The van der Waals surface area contributed by atoms with Crippen molar-refractivity contribution in [3.05, 3.63) is 77.9 Å². The van der Waals surface area contributed by atoms with Crippen LogP contribution in [0, 0.1) is 6.92 Å². The summed E-state index contributed by atoms with van der Waals surface area (Å²) in [6, 6.07) is 20.3. The number of aryl methyl sites for hydroxylation is 1. The molecule has 0 saturated carbocycles. The van der Waals surface area contributed by atoms with Crippen molar-refractivity contribution >= 4 is 56.5 Å². The minimum atomic E-state index is -0.242. The normalized spacial score (nSPS) is 10.7. The van der Waals surface area contributed by atoms with Gasteiger partial charge in [-0.2, -0.15) is 0 Å². The maximum Gasteiger partial charge on any atom is 0.259 e. The van der Waals surface area contributed by atoms with Crippen molar-refractivity contribution in [2.75, 3.05) is 23.5 Å². The summed E-state index contributed by atoms with van der Waals surface area (Å²) in [4.78, 5) is 29.5. The molecular weight excluding hydrogens is 442 g/mol. The molecule has 8 heteroatoms. The highest BCUT2D eigenvalue weighted by Crippen LogP contribution is 2.32. The molecule has 0 bridgehead atoms. The number of nitrogens with one attached hydrogen (secondary N) is 2. The third kappa shape index (κ3) is 5.09. The Kier molecular flexibility index (Phi) is 6.72. The molecule has 4 aromatic rings. The van der Waals surface area contributed by atoms with Crippen molar-refractivity contribution < 1.29 is 14.3 Å². The Bertz CT molecular complexity index is 1290. The number of anilines is 2. The number of methoxy groups -OCH3 is 1. The molecule has 0 fully saturated rings. The zero-order valence-electron chi connectivity index (χ0n) is 17.5. The number of hydrogen-bond donors (Lipinski definition) is 2. The second-order valence-electron chi connectivity index (χ2n) is 6.97. The topological polar surface area (TPSA) is 80.3 Å². The second kappa shape index (κ2) is 9.84. The lowest BCUT2D eigenvalue weighted by atomic mass is 10.2. The first kappa shape index (κ1) is 21.9. The van der Waals surface area contributed by atoms with Crippen LogP contribution in [0.3, 0.4) is 0 Å². The van der Waals surface area contributed by atoms with Gasteiger partial charge in [-0.3, -0.25) is 9.59 Å².